The highest BCUT2D eigenvalue weighted by molar-refractivity contribution is 7.09. The van der Waals surface area contributed by atoms with E-state index < -0.39 is 0 Å². The molecule has 1 aromatic carbocycles. The Bertz CT molecular complexity index is 505. The third-order valence-corrected chi connectivity index (χ3v) is 2.90. The van der Waals surface area contributed by atoms with Crippen molar-refractivity contribution in [3.8, 4) is 11.5 Å². The predicted molar refractivity (Wildman–Crippen MR) is 73.6 cm³/mol. The van der Waals surface area contributed by atoms with Crippen LogP contribution in [0.1, 0.15) is 0 Å². The van der Waals surface area contributed by atoms with Crippen molar-refractivity contribution in [3.63, 3.8) is 0 Å². The molecule has 0 radical (unpaired) electrons. The number of hydrogen-bond acceptors (Lipinski definition) is 7. The van der Waals surface area contributed by atoms with Gasteiger partial charge in [0.2, 0.25) is 5.13 Å². The van der Waals surface area contributed by atoms with Gasteiger partial charge in [-0.3, -0.25) is 0 Å². The highest BCUT2D eigenvalue weighted by atomic mass is 32.1. The van der Waals surface area contributed by atoms with Crippen LogP contribution in [0.2, 0.25) is 0 Å². The van der Waals surface area contributed by atoms with Gasteiger partial charge in [0.05, 0.1) is 13.7 Å². The van der Waals surface area contributed by atoms with Crippen LogP contribution >= 0.6 is 11.5 Å². The third-order valence-electron chi connectivity index (χ3n) is 2.32. The summed E-state index contributed by atoms with van der Waals surface area (Å²) >= 11 is 1.29. The molecule has 0 saturated carbocycles. The topological polar surface area (TPSA) is 65.5 Å². The highest BCUT2D eigenvalue weighted by Gasteiger charge is 2.07. The molecule has 2 rings (SSSR count). The summed E-state index contributed by atoms with van der Waals surface area (Å²) in [4.78, 5) is 4.06. The van der Waals surface area contributed by atoms with E-state index in [2.05, 4.69) is 14.7 Å². The van der Waals surface area contributed by atoms with Crippen LogP contribution in [0.25, 0.3) is 0 Å². The van der Waals surface area contributed by atoms with Crippen LogP contribution in [0.3, 0.4) is 0 Å². The Kier molecular flexibility index (Phi) is 4.93. The maximum Gasteiger partial charge on any atom is 0.206 e. The van der Waals surface area contributed by atoms with Crippen LogP contribution in [-0.2, 0) is 4.74 Å². The van der Waals surface area contributed by atoms with E-state index in [-0.39, 0.29) is 0 Å². The molecule has 102 valence electrons. The van der Waals surface area contributed by atoms with Crippen molar-refractivity contribution in [3.05, 3.63) is 24.5 Å². The van der Waals surface area contributed by atoms with Gasteiger partial charge in [0, 0.05) is 30.4 Å². The van der Waals surface area contributed by atoms with Crippen LogP contribution < -0.4 is 14.8 Å². The van der Waals surface area contributed by atoms with Gasteiger partial charge in [-0.2, -0.15) is 4.37 Å². The first-order valence-electron chi connectivity index (χ1n) is 5.67. The average Bonchev–Trinajstić information content (AvgIpc) is 2.92. The van der Waals surface area contributed by atoms with Crippen molar-refractivity contribution in [1.82, 2.24) is 9.36 Å². The zero-order valence-electron chi connectivity index (χ0n) is 10.8. The molecule has 1 heterocycles. The van der Waals surface area contributed by atoms with E-state index >= 15 is 0 Å². The summed E-state index contributed by atoms with van der Waals surface area (Å²) < 4.78 is 19.7. The standard InChI is InChI=1S/C12H15N3O3S/c1-16-5-6-18-11-7-9(3-4-10(11)17-2)15-12-13-8-14-19-12/h3-4,7-8H,5-6H2,1-2H3,(H,13,14,15). The second-order valence-electron chi connectivity index (χ2n) is 3.58. The Labute approximate surface area is 115 Å². The largest absolute Gasteiger partial charge is 0.493 e. The summed E-state index contributed by atoms with van der Waals surface area (Å²) in [6, 6.07) is 5.59. The maximum atomic E-state index is 5.61. The van der Waals surface area contributed by atoms with Crippen LogP contribution in [0.4, 0.5) is 10.8 Å². The van der Waals surface area contributed by atoms with E-state index in [9.17, 15) is 0 Å². The molecule has 7 heteroatoms. The fourth-order valence-corrected chi connectivity index (χ4v) is 1.91. The molecule has 0 atom stereocenters. The minimum absolute atomic E-state index is 0.467. The van der Waals surface area contributed by atoms with Gasteiger partial charge < -0.3 is 19.5 Å². The number of nitrogens with zero attached hydrogens (tertiary/aromatic N) is 2. The second kappa shape index (κ2) is 6.91. The highest BCUT2D eigenvalue weighted by Crippen LogP contribution is 2.31. The molecule has 0 unspecified atom stereocenters. The molecule has 0 fully saturated rings. The molecule has 0 spiro atoms. The van der Waals surface area contributed by atoms with Crippen molar-refractivity contribution in [1.29, 1.82) is 0 Å². The first-order chi connectivity index (χ1) is 9.33. The number of benzene rings is 1. The van der Waals surface area contributed by atoms with E-state index in [1.165, 1.54) is 17.9 Å². The molecule has 0 bridgehead atoms. The van der Waals surface area contributed by atoms with E-state index in [4.69, 9.17) is 14.2 Å². The molecule has 1 aromatic heterocycles. The minimum atomic E-state index is 0.467. The number of ether oxygens (including phenoxy) is 3. The molecule has 19 heavy (non-hydrogen) atoms. The second-order valence-corrected chi connectivity index (χ2v) is 4.36. The van der Waals surface area contributed by atoms with Gasteiger partial charge >= 0.3 is 0 Å². The Hall–Kier alpha value is -1.86. The summed E-state index contributed by atoms with van der Waals surface area (Å²) in [5, 5.41) is 3.87. The fraction of sp³-hybridized carbons (Fsp3) is 0.333. The van der Waals surface area contributed by atoms with Gasteiger partial charge in [-0.05, 0) is 12.1 Å². The lowest BCUT2D eigenvalue weighted by Gasteiger charge is -2.12. The van der Waals surface area contributed by atoms with Gasteiger partial charge in [0.1, 0.15) is 12.9 Å². The summed E-state index contributed by atoms with van der Waals surface area (Å²) in [6.07, 6.45) is 1.51. The van der Waals surface area contributed by atoms with Crippen LogP contribution in [0.15, 0.2) is 24.5 Å². The first-order valence-corrected chi connectivity index (χ1v) is 6.44. The van der Waals surface area contributed by atoms with Crippen LogP contribution in [0.5, 0.6) is 11.5 Å². The summed E-state index contributed by atoms with van der Waals surface area (Å²) in [6.45, 7) is 0.992. The quantitative estimate of drug-likeness (QED) is 0.786. The number of hydrogen-bond donors (Lipinski definition) is 1. The molecule has 0 aliphatic rings. The van der Waals surface area contributed by atoms with Crippen LogP contribution in [-0.4, -0.2) is 36.8 Å². The lowest BCUT2D eigenvalue weighted by molar-refractivity contribution is 0.144. The van der Waals surface area contributed by atoms with E-state index in [0.29, 0.717) is 24.7 Å². The molecule has 2 aromatic rings. The molecular weight excluding hydrogens is 266 g/mol. The number of aromatic nitrogens is 2. The zero-order chi connectivity index (χ0) is 13.5. The van der Waals surface area contributed by atoms with Crippen molar-refractivity contribution in [2.45, 2.75) is 0 Å². The van der Waals surface area contributed by atoms with Gasteiger partial charge in [-0.25, -0.2) is 4.98 Å². The SMILES string of the molecule is COCCOc1cc(Nc2ncns2)ccc1OC. The zero-order valence-corrected chi connectivity index (χ0v) is 11.6. The van der Waals surface area contributed by atoms with Gasteiger partial charge in [-0.15, -0.1) is 0 Å². The lowest BCUT2D eigenvalue weighted by atomic mass is 10.3. The van der Waals surface area contributed by atoms with E-state index in [0.717, 1.165) is 10.8 Å². The number of nitrogens with one attached hydrogen (secondary N) is 1. The Morgan fingerprint density at radius 3 is 2.79 bits per heavy atom. The third kappa shape index (κ3) is 3.80. The minimum Gasteiger partial charge on any atom is -0.493 e. The summed E-state index contributed by atoms with van der Waals surface area (Å²) in [7, 11) is 3.24. The van der Waals surface area contributed by atoms with Crippen molar-refractivity contribution < 1.29 is 14.2 Å². The van der Waals surface area contributed by atoms with E-state index in [1.54, 1.807) is 14.2 Å². The molecule has 0 amide bonds. The number of anilines is 2. The first kappa shape index (κ1) is 13.6. The molecule has 1 N–H and O–H groups in total. The molecule has 0 saturated heterocycles. The van der Waals surface area contributed by atoms with Crippen molar-refractivity contribution in [2.75, 3.05) is 32.8 Å². The van der Waals surface area contributed by atoms with Crippen molar-refractivity contribution >= 4 is 22.4 Å². The predicted octanol–water partition coefficient (Wildman–Crippen LogP) is 2.32. The van der Waals surface area contributed by atoms with Gasteiger partial charge in [0.15, 0.2) is 11.5 Å². The lowest BCUT2D eigenvalue weighted by Crippen LogP contribution is -2.05. The Morgan fingerprint density at radius 2 is 2.11 bits per heavy atom. The summed E-state index contributed by atoms with van der Waals surface area (Å²) in [5.41, 5.74) is 0.866. The summed E-state index contributed by atoms with van der Waals surface area (Å²) in [5.74, 6) is 1.34. The van der Waals surface area contributed by atoms with E-state index in [1.807, 2.05) is 18.2 Å². The molecule has 0 aliphatic heterocycles. The van der Waals surface area contributed by atoms with Gasteiger partial charge in [0.25, 0.3) is 0 Å². The Morgan fingerprint density at radius 1 is 1.21 bits per heavy atom. The van der Waals surface area contributed by atoms with Crippen molar-refractivity contribution in [2.24, 2.45) is 0 Å². The molecular formula is C12H15N3O3S. The number of rotatable bonds is 7. The van der Waals surface area contributed by atoms with Crippen LogP contribution in [0, 0.1) is 0 Å². The molecule has 6 nitrogen and oxygen atoms in total. The fourth-order valence-electron chi connectivity index (χ4n) is 1.45. The number of methoxy groups -OCH3 is 2. The smallest absolute Gasteiger partial charge is 0.206 e. The Balaban J connectivity index is 2.10. The molecule has 0 aliphatic carbocycles. The normalized spacial score (nSPS) is 10.2. The monoisotopic (exact) mass is 281 g/mol. The van der Waals surface area contributed by atoms with Gasteiger partial charge in [-0.1, -0.05) is 0 Å². The average molecular weight is 281 g/mol. The maximum absolute atomic E-state index is 5.61.